The van der Waals surface area contributed by atoms with E-state index in [0.717, 1.165) is 29.4 Å². The molecule has 4 aliphatic heterocycles. The van der Waals surface area contributed by atoms with E-state index in [9.17, 15) is 19.2 Å². The molecule has 2 aromatic rings. The summed E-state index contributed by atoms with van der Waals surface area (Å²) in [6, 6.07) is 9.05. The smallest absolute Gasteiger partial charge is 0.415 e. The van der Waals surface area contributed by atoms with Crippen molar-refractivity contribution < 1.29 is 28.7 Å². The van der Waals surface area contributed by atoms with E-state index >= 15 is 0 Å². The van der Waals surface area contributed by atoms with Gasteiger partial charge in [0.15, 0.2) is 0 Å². The van der Waals surface area contributed by atoms with Gasteiger partial charge >= 0.3 is 12.2 Å². The minimum absolute atomic E-state index is 0.0213. The van der Waals surface area contributed by atoms with Crippen molar-refractivity contribution in [3.05, 3.63) is 35.9 Å². The zero-order valence-corrected chi connectivity index (χ0v) is 30.4. The molecule has 0 unspecified atom stereocenters. The maximum atomic E-state index is 14.0. The number of fused-ring (bicyclic) bond motifs is 4. The number of benzene rings is 2. The standard InChI is InChI=1S/C34H44ClN5O6S2/c1-34(2,3)46-33(44)40-19-22(18-35)31-24-8-6-5-7-23(24)28(17-25(31)40)45-32(43)39-16-15-38(26-20-47-48-21-27(26)39)30(42)10-9-29(41)37-13-11-36(4)12-14-37/h5-8,17,22,26-27H,9-16,18-21H2,1-4H3/t22-,26-,27+/m1/s1. The molecule has 6 rings (SSSR count). The van der Waals surface area contributed by atoms with Gasteiger partial charge in [-0.3, -0.25) is 14.5 Å². The zero-order valence-electron chi connectivity index (χ0n) is 28.0. The fourth-order valence-corrected chi connectivity index (χ4v) is 9.92. The van der Waals surface area contributed by atoms with Gasteiger partial charge in [0.25, 0.3) is 0 Å². The molecule has 0 bridgehead atoms. The van der Waals surface area contributed by atoms with Crippen LogP contribution in [0.1, 0.15) is 45.1 Å². The lowest BCUT2D eigenvalue weighted by molar-refractivity contribution is -0.141. The third-order valence-electron chi connectivity index (χ3n) is 9.48. The Morgan fingerprint density at radius 3 is 2.15 bits per heavy atom. The molecule has 0 saturated carbocycles. The number of halogens is 1. The summed E-state index contributed by atoms with van der Waals surface area (Å²) in [6.07, 6.45) is -0.611. The first-order chi connectivity index (χ1) is 22.9. The highest BCUT2D eigenvalue weighted by Gasteiger charge is 2.44. The van der Waals surface area contributed by atoms with Crippen LogP contribution in [0.5, 0.6) is 5.75 Å². The molecule has 3 atom stereocenters. The number of amides is 4. The Kier molecular flexibility index (Phi) is 10.6. The van der Waals surface area contributed by atoms with Gasteiger partial charge in [-0.1, -0.05) is 45.9 Å². The van der Waals surface area contributed by atoms with E-state index in [4.69, 9.17) is 21.1 Å². The SMILES string of the molecule is CN1CCN(C(=O)CCC(=O)N2CCN(C(=O)Oc3cc4c(c5ccccc35)[C@H](CCl)CN4C(=O)OC(C)(C)C)[C@H]3CSSC[C@H]32)CC1. The average molecular weight is 718 g/mol. The molecule has 3 fully saturated rings. The Morgan fingerprint density at radius 2 is 1.48 bits per heavy atom. The van der Waals surface area contributed by atoms with Crippen LogP contribution >= 0.6 is 33.2 Å². The van der Waals surface area contributed by atoms with Gasteiger partial charge in [-0.15, -0.1) is 11.6 Å². The first-order valence-electron chi connectivity index (χ1n) is 16.6. The Bertz CT molecular complexity index is 1560. The number of hydrogen-bond acceptors (Lipinski definition) is 9. The van der Waals surface area contributed by atoms with Crippen LogP contribution in [-0.2, 0) is 14.3 Å². The van der Waals surface area contributed by atoms with Crippen LogP contribution in [0.15, 0.2) is 30.3 Å². The van der Waals surface area contributed by atoms with Gasteiger partial charge in [0, 0.05) is 93.4 Å². The highest BCUT2D eigenvalue weighted by molar-refractivity contribution is 8.76. The molecular weight excluding hydrogens is 674 g/mol. The number of nitrogens with zero attached hydrogens (tertiary/aromatic N) is 5. The molecule has 0 spiro atoms. The predicted molar refractivity (Wildman–Crippen MR) is 191 cm³/mol. The Balaban J connectivity index is 1.19. The minimum atomic E-state index is -0.682. The predicted octanol–water partition coefficient (Wildman–Crippen LogP) is 5.25. The van der Waals surface area contributed by atoms with E-state index in [1.54, 1.807) is 37.5 Å². The largest absolute Gasteiger partial charge is 0.443 e. The summed E-state index contributed by atoms with van der Waals surface area (Å²) in [5.74, 6) is 1.88. The lowest BCUT2D eigenvalue weighted by Crippen LogP contribution is -2.65. The van der Waals surface area contributed by atoms with E-state index in [1.165, 1.54) is 0 Å². The van der Waals surface area contributed by atoms with Crippen LogP contribution in [0.4, 0.5) is 15.3 Å². The summed E-state index contributed by atoms with van der Waals surface area (Å²) in [5, 5.41) is 1.63. The first kappa shape index (κ1) is 35.0. The molecule has 48 heavy (non-hydrogen) atoms. The number of likely N-dealkylation sites (N-methyl/N-ethyl adjacent to an activating group) is 1. The highest BCUT2D eigenvalue weighted by Crippen LogP contribution is 2.46. The second kappa shape index (κ2) is 14.5. The first-order valence-corrected chi connectivity index (χ1v) is 19.6. The molecule has 11 nitrogen and oxygen atoms in total. The van der Waals surface area contributed by atoms with Crippen molar-refractivity contribution in [2.45, 2.75) is 57.2 Å². The molecule has 0 aliphatic carbocycles. The van der Waals surface area contributed by atoms with Gasteiger partial charge in [0.2, 0.25) is 11.8 Å². The van der Waals surface area contributed by atoms with Crippen LogP contribution in [0.25, 0.3) is 10.8 Å². The number of alkyl halides is 1. The molecule has 2 aromatic carbocycles. The summed E-state index contributed by atoms with van der Waals surface area (Å²) in [6.45, 7) is 9.60. The van der Waals surface area contributed by atoms with E-state index in [0.29, 0.717) is 61.5 Å². The van der Waals surface area contributed by atoms with Crippen LogP contribution in [0.3, 0.4) is 0 Å². The Hall–Kier alpha value is -2.87. The Morgan fingerprint density at radius 1 is 0.854 bits per heavy atom. The number of piperazine rings is 2. The van der Waals surface area contributed by atoms with E-state index in [2.05, 4.69) is 4.90 Å². The highest BCUT2D eigenvalue weighted by atomic mass is 35.5. The Labute approximate surface area is 294 Å². The molecule has 0 N–H and O–H groups in total. The molecule has 0 aromatic heterocycles. The van der Waals surface area contributed by atoms with E-state index in [1.807, 2.05) is 61.9 Å². The maximum absolute atomic E-state index is 14.0. The summed E-state index contributed by atoms with van der Waals surface area (Å²) in [7, 11) is 5.42. The molecule has 260 valence electrons. The van der Waals surface area contributed by atoms with Crippen molar-refractivity contribution in [2.24, 2.45) is 0 Å². The maximum Gasteiger partial charge on any atom is 0.415 e. The fraction of sp³-hybridized carbons (Fsp3) is 0.588. The van der Waals surface area contributed by atoms with Gasteiger partial charge in [-0.2, -0.15) is 0 Å². The fourth-order valence-electron chi connectivity index (χ4n) is 6.97. The van der Waals surface area contributed by atoms with Crippen molar-refractivity contribution in [2.75, 3.05) is 75.1 Å². The molecule has 3 saturated heterocycles. The summed E-state index contributed by atoms with van der Waals surface area (Å²) in [5.41, 5.74) is 0.879. The molecule has 14 heteroatoms. The molecule has 4 heterocycles. The summed E-state index contributed by atoms with van der Waals surface area (Å²) in [4.78, 5) is 62.8. The van der Waals surface area contributed by atoms with Crippen molar-refractivity contribution >= 4 is 73.6 Å². The van der Waals surface area contributed by atoms with Crippen molar-refractivity contribution in [1.29, 1.82) is 0 Å². The third kappa shape index (κ3) is 7.34. The quantitative estimate of drug-likeness (QED) is 0.303. The average Bonchev–Trinajstić information content (AvgIpc) is 3.45. The zero-order chi connectivity index (χ0) is 34.2. The number of hydrogen-bond donors (Lipinski definition) is 0. The van der Waals surface area contributed by atoms with Crippen molar-refractivity contribution in [1.82, 2.24) is 19.6 Å². The second-order valence-corrected chi connectivity index (χ2v) is 16.7. The van der Waals surface area contributed by atoms with Gasteiger partial charge in [-0.05, 0) is 38.8 Å². The topological polar surface area (TPSA) is 103 Å². The minimum Gasteiger partial charge on any atom is -0.443 e. The number of carbonyl (C=O) groups excluding carboxylic acids is 4. The molecule has 4 aliphatic rings. The number of rotatable bonds is 5. The second-order valence-electron chi connectivity index (χ2n) is 13.8. The van der Waals surface area contributed by atoms with Gasteiger partial charge < -0.3 is 29.1 Å². The van der Waals surface area contributed by atoms with E-state index < -0.39 is 17.8 Å². The van der Waals surface area contributed by atoms with Crippen LogP contribution < -0.4 is 9.64 Å². The third-order valence-corrected chi connectivity index (χ3v) is 12.3. The summed E-state index contributed by atoms with van der Waals surface area (Å²) < 4.78 is 11.9. The van der Waals surface area contributed by atoms with Crippen LogP contribution in [-0.4, -0.2) is 132 Å². The monoisotopic (exact) mass is 717 g/mol. The van der Waals surface area contributed by atoms with Crippen LogP contribution in [0, 0.1) is 0 Å². The van der Waals surface area contributed by atoms with Gasteiger partial charge in [0.1, 0.15) is 11.4 Å². The lowest BCUT2D eigenvalue weighted by atomic mass is 9.95. The number of carbonyl (C=O) groups is 4. The molecule has 0 radical (unpaired) electrons. The summed E-state index contributed by atoms with van der Waals surface area (Å²) >= 11 is 6.42. The van der Waals surface area contributed by atoms with Crippen LogP contribution in [0.2, 0.25) is 0 Å². The lowest BCUT2D eigenvalue weighted by Gasteiger charge is -2.48. The molecule has 4 amide bonds. The van der Waals surface area contributed by atoms with E-state index in [-0.39, 0.29) is 42.7 Å². The number of anilines is 1. The molecular formula is C34H44ClN5O6S2. The van der Waals surface area contributed by atoms with Gasteiger partial charge in [-0.25, -0.2) is 9.59 Å². The van der Waals surface area contributed by atoms with Gasteiger partial charge in [0.05, 0.1) is 17.8 Å². The van der Waals surface area contributed by atoms with Crippen molar-refractivity contribution in [3.63, 3.8) is 0 Å². The number of ether oxygens (including phenoxy) is 2. The normalized spacial score (nSPS) is 23.1. The van der Waals surface area contributed by atoms with Crippen molar-refractivity contribution in [3.8, 4) is 5.75 Å².